The van der Waals surface area contributed by atoms with E-state index in [0.717, 1.165) is 5.47 Å². The van der Waals surface area contributed by atoms with Crippen LogP contribution in [-0.4, -0.2) is 35.1 Å². The first-order chi connectivity index (χ1) is 10.6. The van der Waals surface area contributed by atoms with E-state index in [1.54, 1.807) is 18.2 Å². The van der Waals surface area contributed by atoms with Gasteiger partial charge >= 0.3 is 13.1 Å². The Morgan fingerprint density at radius 3 is 2.35 bits per heavy atom. The van der Waals surface area contributed by atoms with E-state index in [0.29, 0.717) is 16.3 Å². The molecule has 4 nitrogen and oxygen atoms in total. The Hall–Kier alpha value is -0.945. The quantitative estimate of drug-likeness (QED) is 0.634. The Morgan fingerprint density at radius 1 is 1.30 bits per heavy atom. The highest BCUT2D eigenvalue weighted by molar-refractivity contribution is 7.80. The Balaban J connectivity index is 2.44. The van der Waals surface area contributed by atoms with Crippen molar-refractivity contribution in [3.05, 3.63) is 39.8 Å². The second kappa shape index (κ2) is 6.51. The van der Waals surface area contributed by atoms with Gasteiger partial charge in [0.1, 0.15) is 0 Å². The fourth-order valence-electron chi connectivity index (χ4n) is 2.24. The van der Waals surface area contributed by atoms with Crippen LogP contribution in [0.15, 0.2) is 23.7 Å². The maximum absolute atomic E-state index is 11.4. The Labute approximate surface area is 147 Å². The summed E-state index contributed by atoms with van der Waals surface area (Å²) in [6.45, 7) is 7.84. The van der Waals surface area contributed by atoms with E-state index < -0.39 is 24.3 Å². The Kier molecular flexibility index (Phi) is 5.21. The molecule has 0 atom stereocenters. The van der Waals surface area contributed by atoms with Crippen molar-refractivity contribution in [3.8, 4) is 0 Å². The van der Waals surface area contributed by atoms with E-state index in [4.69, 9.17) is 20.9 Å². The van der Waals surface area contributed by atoms with E-state index >= 15 is 0 Å². The summed E-state index contributed by atoms with van der Waals surface area (Å²) in [6, 6.07) is 4.78. The maximum atomic E-state index is 11.4. The van der Waals surface area contributed by atoms with Gasteiger partial charge in [-0.2, -0.15) is 12.6 Å². The molecule has 0 aromatic heterocycles. The standard InChI is InChI=1S/C16H20BClO4S/c1-15(2)16(3,4)22-17(21-15)10(9-23)8-12-11(14(19)20)6-5-7-13(12)18/h5-8,23H,9H2,1-4H3,(H,19,20). The van der Waals surface area contributed by atoms with Gasteiger partial charge in [-0.05, 0) is 45.3 Å². The van der Waals surface area contributed by atoms with Crippen LogP contribution >= 0.6 is 24.2 Å². The normalized spacial score (nSPS) is 19.9. The molecule has 2 rings (SSSR count). The van der Waals surface area contributed by atoms with Gasteiger partial charge in [0, 0.05) is 16.3 Å². The number of halogens is 1. The van der Waals surface area contributed by atoms with Crippen molar-refractivity contribution in [3.63, 3.8) is 0 Å². The van der Waals surface area contributed by atoms with Crippen molar-refractivity contribution in [2.75, 3.05) is 5.75 Å². The van der Waals surface area contributed by atoms with Gasteiger partial charge < -0.3 is 14.4 Å². The molecule has 124 valence electrons. The van der Waals surface area contributed by atoms with Crippen LogP contribution in [0.1, 0.15) is 43.6 Å². The highest BCUT2D eigenvalue weighted by Gasteiger charge is 2.52. The van der Waals surface area contributed by atoms with Crippen LogP contribution < -0.4 is 0 Å². The highest BCUT2D eigenvalue weighted by Crippen LogP contribution is 2.39. The average Bonchev–Trinajstić information content (AvgIpc) is 2.65. The summed E-state index contributed by atoms with van der Waals surface area (Å²) < 4.78 is 12.0. The first-order valence-corrected chi connectivity index (χ1v) is 8.29. The minimum atomic E-state index is -1.04. The summed E-state index contributed by atoms with van der Waals surface area (Å²) in [4.78, 5) is 11.4. The molecule has 0 aliphatic carbocycles. The third kappa shape index (κ3) is 3.60. The molecule has 0 bridgehead atoms. The molecule has 1 aromatic carbocycles. The number of thiol groups is 1. The average molecular weight is 355 g/mol. The van der Waals surface area contributed by atoms with Crippen molar-refractivity contribution in [2.45, 2.75) is 38.9 Å². The zero-order valence-electron chi connectivity index (χ0n) is 13.6. The van der Waals surface area contributed by atoms with Crippen molar-refractivity contribution in [1.82, 2.24) is 0 Å². The van der Waals surface area contributed by atoms with Crippen LogP contribution in [0.2, 0.25) is 5.02 Å². The van der Waals surface area contributed by atoms with Crippen molar-refractivity contribution >= 4 is 43.4 Å². The first kappa shape index (κ1) is 18.4. The molecular formula is C16H20BClO4S. The number of hydrogen-bond acceptors (Lipinski definition) is 4. The molecule has 23 heavy (non-hydrogen) atoms. The number of aromatic carboxylic acids is 1. The van der Waals surface area contributed by atoms with E-state index in [1.807, 2.05) is 27.7 Å². The predicted molar refractivity (Wildman–Crippen MR) is 96.3 cm³/mol. The number of carboxylic acids is 1. The van der Waals surface area contributed by atoms with E-state index in [9.17, 15) is 9.90 Å². The minimum absolute atomic E-state index is 0.133. The van der Waals surface area contributed by atoms with Crippen molar-refractivity contribution in [1.29, 1.82) is 0 Å². The van der Waals surface area contributed by atoms with Crippen LogP contribution in [-0.2, 0) is 9.31 Å². The SMILES string of the molecule is CC1(C)OB(C(=Cc2c(Cl)cccc2C(=O)O)CS)OC1(C)C. The fourth-order valence-corrected chi connectivity index (χ4v) is 2.71. The van der Waals surface area contributed by atoms with Crippen LogP contribution in [0.3, 0.4) is 0 Å². The lowest BCUT2D eigenvalue weighted by Gasteiger charge is -2.32. The monoisotopic (exact) mass is 354 g/mol. The molecule has 0 unspecified atom stereocenters. The number of benzene rings is 1. The highest BCUT2D eigenvalue weighted by atomic mass is 35.5. The molecule has 0 spiro atoms. The number of carboxylic acid groups (broad SMARTS) is 1. The molecule has 1 fully saturated rings. The van der Waals surface area contributed by atoms with Crippen molar-refractivity contribution < 1.29 is 19.2 Å². The molecular weight excluding hydrogens is 335 g/mol. The fraction of sp³-hybridized carbons (Fsp3) is 0.438. The molecule has 1 aliphatic rings. The van der Waals surface area contributed by atoms with Crippen LogP contribution in [0.4, 0.5) is 0 Å². The van der Waals surface area contributed by atoms with Crippen LogP contribution in [0.25, 0.3) is 6.08 Å². The zero-order chi connectivity index (χ0) is 17.4. The lowest BCUT2D eigenvalue weighted by molar-refractivity contribution is 0.00578. The predicted octanol–water partition coefficient (Wildman–Crippen LogP) is 3.98. The van der Waals surface area contributed by atoms with Gasteiger partial charge in [0.25, 0.3) is 0 Å². The zero-order valence-corrected chi connectivity index (χ0v) is 15.2. The summed E-state index contributed by atoms with van der Waals surface area (Å²) in [5.41, 5.74) is 0.336. The van der Waals surface area contributed by atoms with E-state index in [-0.39, 0.29) is 5.56 Å². The van der Waals surface area contributed by atoms with Gasteiger partial charge in [-0.1, -0.05) is 23.7 Å². The second-order valence-electron chi connectivity index (χ2n) is 6.47. The molecule has 7 heteroatoms. The van der Waals surface area contributed by atoms with Gasteiger partial charge in [-0.3, -0.25) is 0 Å². The third-order valence-electron chi connectivity index (χ3n) is 4.35. The van der Waals surface area contributed by atoms with Gasteiger partial charge in [-0.25, -0.2) is 4.79 Å². The van der Waals surface area contributed by atoms with Gasteiger partial charge in [0.2, 0.25) is 0 Å². The number of carbonyl (C=O) groups is 1. The summed E-state index contributed by atoms with van der Waals surface area (Å²) in [7, 11) is -0.588. The molecule has 0 amide bonds. The van der Waals surface area contributed by atoms with Crippen molar-refractivity contribution in [2.24, 2.45) is 0 Å². The molecule has 0 saturated carbocycles. The van der Waals surface area contributed by atoms with E-state index in [2.05, 4.69) is 12.6 Å². The third-order valence-corrected chi connectivity index (χ3v) is 5.05. The van der Waals surface area contributed by atoms with E-state index in [1.165, 1.54) is 6.07 Å². The van der Waals surface area contributed by atoms with Gasteiger partial charge in [0.15, 0.2) is 0 Å². The summed E-state index contributed by atoms with van der Waals surface area (Å²) in [5.74, 6) is -0.674. The summed E-state index contributed by atoms with van der Waals surface area (Å²) in [6.07, 6.45) is 1.70. The lowest BCUT2D eigenvalue weighted by atomic mass is 9.78. The second-order valence-corrected chi connectivity index (χ2v) is 7.20. The lowest BCUT2D eigenvalue weighted by Crippen LogP contribution is -2.41. The van der Waals surface area contributed by atoms with Gasteiger partial charge in [-0.15, -0.1) is 0 Å². The maximum Gasteiger partial charge on any atom is 0.491 e. The largest absolute Gasteiger partial charge is 0.491 e. The molecule has 1 saturated heterocycles. The van der Waals surface area contributed by atoms with Crippen LogP contribution in [0, 0.1) is 0 Å². The molecule has 1 N–H and O–H groups in total. The molecule has 0 radical (unpaired) electrons. The van der Waals surface area contributed by atoms with Crippen LogP contribution in [0.5, 0.6) is 0 Å². The topological polar surface area (TPSA) is 55.8 Å². The molecule has 1 aromatic rings. The van der Waals surface area contributed by atoms with Gasteiger partial charge in [0.05, 0.1) is 16.8 Å². The Bertz CT molecular complexity index is 641. The number of rotatable bonds is 4. The smallest absolute Gasteiger partial charge is 0.478 e. The minimum Gasteiger partial charge on any atom is -0.478 e. The molecule has 1 aliphatic heterocycles. The number of hydrogen-bond donors (Lipinski definition) is 2. The summed E-state index contributed by atoms with van der Waals surface area (Å²) >= 11 is 10.5. The molecule has 1 heterocycles. The Morgan fingerprint density at radius 2 is 1.87 bits per heavy atom. The first-order valence-electron chi connectivity index (χ1n) is 7.28. The summed E-state index contributed by atoms with van der Waals surface area (Å²) in [5, 5.41) is 9.70.